The molecule has 1 fully saturated rings. The van der Waals surface area contributed by atoms with Crippen LogP contribution in [0.1, 0.15) is 36.0 Å². The van der Waals surface area contributed by atoms with Crippen molar-refractivity contribution in [2.24, 2.45) is 0 Å². The van der Waals surface area contributed by atoms with E-state index < -0.39 is 10.0 Å². The zero-order valence-corrected chi connectivity index (χ0v) is 15.9. The maximum absolute atomic E-state index is 12.7. The standard InChI is InChI=1S/C19H21ClN2O3S/c20-17-14-15(19(23)22-12-6-1-2-7-13-22)10-11-18(17)21-26(24,25)16-8-4-3-5-9-16/h3-5,8-11,14,21H,1-2,6-7,12-13H2. The second kappa shape index (κ2) is 8.10. The predicted octanol–water partition coefficient (Wildman–Crippen LogP) is 4.16. The molecule has 1 heterocycles. The van der Waals surface area contributed by atoms with E-state index in [1.807, 2.05) is 4.90 Å². The van der Waals surface area contributed by atoms with E-state index in [0.29, 0.717) is 5.56 Å². The highest BCUT2D eigenvalue weighted by molar-refractivity contribution is 7.92. The van der Waals surface area contributed by atoms with Crippen molar-refractivity contribution >= 4 is 33.2 Å². The van der Waals surface area contributed by atoms with Crippen molar-refractivity contribution in [1.29, 1.82) is 0 Å². The van der Waals surface area contributed by atoms with Gasteiger partial charge in [-0.3, -0.25) is 9.52 Å². The molecule has 1 saturated heterocycles. The minimum Gasteiger partial charge on any atom is -0.339 e. The van der Waals surface area contributed by atoms with Gasteiger partial charge in [0, 0.05) is 18.7 Å². The smallest absolute Gasteiger partial charge is 0.261 e. The number of sulfonamides is 1. The average molecular weight is 393 g/mol. The molecule has 0 saturated carbocycles. The monoisotopic (exact) mass is 392 g/mol. The van der Waals surface area contributed by atoms with E-state index in [1.165, 1.54) is 24.3 Å². The van der Waals surface area contributed by atoms with Crippen LogP contribution in [-0.2, 0) is 10.0 Å². The Labute approximate surface area is 159 Å². The Morgan fingerprint density at radius 1 is 0.962 bits per heavy atom. The highest BCUT2D eigenvalue weighted by Gasteiger charge is 2.20. The van der Waals surface area contributed by atoms with Gasteiger partial charge in [0.1, 0.15) is 0 Å². The molecule has 1 aliphatic rings. The highest BCUT2D eigenvalue weighted by Crippen LogP contribution is 2.26. The lowest BCUT2D eigenvalue weighted by atomic mass is 10.1. The molecule has 2 aromatic rings. The van der Waals surface area contributed by atoms with Crippen molar-refractivity contribution in [3.63, 3.8) is 0 Å². The molecule has 7 heteroatoms. The van der Waals surface area contributed by atoms with Gasteiger partial charge in [-0.05, 0) is 43.2 Å². The van der Waals surface area contributed by atoms with Crippen LogP contribution >= 0.6 is 11.6 Å². The van der Waals surface area contributed by atoms with Gasteiger partial charge in [0.25, 0.3) is 15.9 Å². The maximum Gasteiger partial charge on any atom is 0.261 e. The maximum atomic E-state index is 12.7. The Balaban J connectivity index is 1.78. The molecule has 1 amide bonds. The summed E-state index contributed by atoms with van der Waals surface area (Å²) in [6.45, 7) is 1.50. The number of benzene rings is 2. The quantitative estimate of drug-likeness (QED) is 0.849. The zero-order chi connectivity index (χ0) is 18.6. The fourth-order valence-corrected chi connectivity index (χ4v) is 4.38. The number of anilines is 1. The second-order valence-electron chi connectivity index (χ2n) is 6.32. The summed E-state index contributed by atoms with van der Waals surface area (Å²) in [7, 11) is -3.72. The summed E-state index contributed by atoms with van der Waals surface area (Å²) in [6.07, 6.45) is 4.30. The second-order valence-corrected chi connectivity index (χ2v) is 8.41. The summed E-state index contributed by atoms with van der Waals surface area (Å²) in [5, 5.41) is 0.199. The van der Waals surface area contributed by atoms with Crippen LogP contribution in [0.15, 0.2) is 53.4 Å². The molecular weight excluding hydrogens is 372 g/mol. The fourth-order valence-electron chi connectivity index (χ4n) is 2.99. The molecule has 0 bridgehead atoms. The minimum atomic E-state index is -3.72. The number of rotatable bonds is 4. The molecule has 0 atom stereocenters. The Morgan fingerprint density at radius 3 is 2.23 bits per heavy atom. The van der Waals surface area contributed by atoms with Crippen LogP contribution in [0.5, 0.6) is 0 Å². The molecule has 3 rings (SSSR count). The van der Waals surface area contributed by atoms with Crippen LogP contribution in [0.25, 0.3) is 0 Å². The Kier molecular flexibility index (Phi) is 5.84. The molecular formula is C19H21ClN2O3S. The number of halogens is 1. The number of hydrogen-bond donors (Lipinski definition) is 1. The van der Waals surface area contributed by atoms with Gasteiger partial charge in [-0.15, -0.1) is 0 Å². The van der Waals surface area contributed by atoms with Crippen LogP contribution in [0.4, 0.5) is 5.69 Å². The lowest BCUT2D eigenvalue weighted by molar-refractivity contribution is 0.0761. The predicted molar refractivity (Wildman–Crippen MR) is 103 cm³/mol. The number of nitrogens with zero attached hydrogens (tertiary/aromatic N) is 1. The van der Waals surface area contributed by atoms with Crippen molar-refractivity contribution in [1.82, 2.24) is 4.90 Å². The molecule has 26 heavy (non-hydrogen) atoms. The van der Waals surface area contributed by atoms with Crippen LogP contribution in [0.3, 0.4) is 0 Å². The van der Waals surface area contributed by atoms with Crippen LogP contribution in [0, 0.1) is 0 Å². The van der Waals surface area contributed by atoms with Gasteiger partial charge < -0.3 is 4.90 Å². The summed E-state index contributed by atoms with van der Waals surface area (Å²) in [5.41, 5.74) is 0.725. The van der Waals surface area contributed by atoms with E-state index in [1.54, 1.807) is 24.3 Å². The molecule has 5 nitrogen and oxygen atoms in total. The highest BCUT2D eigenvalue weighted by atomic mass is 35.5. The first-order valence-corrected chi connectivity index (χ1v) is 10.5. The number of amides is 1. The first-order chi connectivity index (χ1) is 12.5. The molecule has 0 aromatic heterocycles. The van der Waals surface area contributed by atoms with E-state index in [4.69, 9.17) is 11.6 Å². The van der Waals surface area contributed by atoms with Crippen LogP contribution in [0.2, 0.25) is 5.02 Å². The molecule has 0 aliphatic carbocycles. The largest absolute Gasteiger partial charge is 0.339 e. The van der Waals surface area contributed by atoms with Gasteiger partial charge in [-0.25, -0.2) is 8.42 Å². The third kappa shape index (κ3) is 4.37. The Bertz CT molecular complexity index is 877. The molecule has 1 N–H and O–H groups in total. The Morgan fingerprint density at radius 2 is 1.62 bits per heavy atom. The first kappa shape index (κ1) is 18.7. The fraction of sp³-hybridized carbons (Fsp3) is 0.316. The normalized spacial score (nSPS) is 15.3. The molecule has 0 unspecified atom stereocenters. The lowest BCUT2D eigenvalue weighted by Gasteiger charge is -2.20. The summed E-state index contributed by atoms with van der Waals surface area (Å²) in [5.74, 6) is -0.0636. The number of carbonyl (C=O) groups excluding carboxylic acids is 1. The van der Waals surface area contributed by atoms with Gasteiger partial charge >= 0.3 is 0 Å². The molecule has 138 valence electrons. The van der Waals surface area contributed by atoms with Crippen molar-refractivity contribution in [3.05, 3.63) is 59.1 Å². The SMILES string of the molecule is O=C(c1ccc(NS(=O)(=O)c2ccccc2)c(Cl)c1)N1CCCCCC1. The lowest BCUT2D eigenvalue weighted by Crippen LogP contribution is -2.31. The van der Waals surface area contributed by atoms with Gasteiger partial charge in [0.05, 0.1) is 15.6 Å². The first-order valence-electron chi connectivity index (χ1n) is 8.64. The summed E-state index contributed by atoms with van der Waals surface area (Å²) in [6, 6.07) is 12.7. The van der Waals surface area contributed by atoms with Gasteiger partial charge in [-0.1, -0.05) is 42.6 Å². The topological polar surface area (TPSA) is 66.5 Å². The Hall–Kier alpha value is -2.05. The molecule has 2 aromatic carbocycles. The zero-order valence-electron chi connectivity index (χ0n) is 14.3. The third-order valence-corrected chi connectivity index (χ3v) is 6.10. The molecule has 0 spiro atoms. The number of likely N-dealkylation sites (tertiary alicyclic amines) is 1. The van der Waals surface area contributed by atoms with Crippen molar-refractivity contribution in [2.75, 3.05) is 17.8 Å². The van der Waals surface area contributed by atoms with Crippen LogP contribution < -0.4 is 4.72 Å². The van der Waals surface area contributed by atoms with E-state index in [9.17, 15) is 13.2 Å². The van der Waals surface area contributed by atoms with E-state index in [-0.39, 0.29) is 21.5 Å². The van der Waals surface area contributed by atoms with Crippen molar-refractivity contribution < 1.29 is 13.2 Å². The minimum absolute atomic E-state index is 0.0636. The average Bonchev–Trinajstić information content (AvgIpc) is 2.93. The van der Waals surface area contributed by atoms with Crippen LogP contribution in [-0.4, -0.2) is 32.3 Å². The molecule has 0 radical (unpaired) electrons. The molecule has 1 aliphatic heterocycles. The van der Waals surface area contributed by atoms with E-state index >= 15 is 0 Å². The summed E-state index contributed by atoms with van der Waals surface area (Å²) >= 11 is 6.24. The van der Waals surface area contributed by atoms with E-state index in [0.717, 1.165) is 38.8 Å². The van der Waals surface area contributed by atoms with Gasteiger partial charge in [-0.2, -0.15) is 0 Å². The number of hydrogen-bond acceptors (Lipinski definition) is 3. The summed E-state index contributed by atoms with van der Waals surface area (Å²) < 4.78 is 27.3. The summed E-state index contributed by atoms with van der Waals surface area (Å²) in [4.78, 5) is 14.6. The van der Waals surface area contributed by atoms with Gasteiger partial charge in [0.15, 0.2) is 0 Å². The number of nitrogens with one attached hydrogen (secondary N) is 1. The third-order valence-electron chi connectivity index (χ3n) is 4.41. The van der Waals surface area contributed by atoms with Gasteiger partial charge in [0.2, 0.25) is 0 Å². The van der Waals surface area contributed by atoms with E-state index in [2.05, 4.69) is 4.72 Å². The van der Waals surface area contributed by atoms with Crippen molar-refractivity contribution in [3.8, 4) is 0 Å². The van der Waals surface area contributed by atoms with Crippen molar-refractivity contribution in [2.45, 2.75) is 30.6 Å². The number of carbonyl (C=O) groups is 1.